The average Bonchev–Trinajstić information content (AvgIpc) is 2.95. The molecule has 4 heteroatoms. The van der Waals surface area contributed by atoms with E-state index in [2.05, 4.69) is 43.4 Å². The molecule has 0 atom stereocenters. The minimum absolute atomic E-state index is 0.216. The summed E-state index contributed by atoms with van der Waals surface area (Å²) in [5, 5.41) is 3.27. The van der Waals surface area contributed by atoms with Crippen molar-refractivity contribution in [3.05, 3.63) is 0 Å². The van der Waals surface area contributed by atoms with Crippen LogP contribution in [0.1, 0.15) is 40.5 Å². The molecule has 0 bridgehead atoms. The predicted octanol–water partition coefficient (Wildman–Crippen LogP) is 1.24. The van der Waals surface area contributed by atoms with Gasteiger partial charge in [-0.05, 0) is 24.2 Å². The Hall–Kier alpha value is -0.770. The number of hydrogen-bond acceptors (Lipinski definition) is 2. The summed E-state index contributed by atoms with van der Waals surface area (Å²) in [5.41, 5.74) is 2.84. The molecule has 1 aliphatic carbocycles. The SMILES string of the molecule is CC(C)C(C)(C)CN=C(NN)NC1CC1. The normalized spacial score (nSPS) is 18.1. The summed E-state index contributed by atoms with van der Waals surface area (Å²) in [6.45, 7) is 9.70. The molecule has 0 amide bonds. The molecule has 0 spiro atoms. The molecular weight excluding hydrogens is 188 g/mol. The third-order valence-corrected chi connectivity index (χ3v) is 3.26. The van der Waals surface area contributed by atoms with E-state index < -0.39 is 0 Å². The van der Waals surface area contributed by atoms with Crippen LogP contribution in [-0.4, -0.2) is 18.5 Å². The molecule has 0 radical (unpaired) electrons. The zero-order valence-electron chi connectivity index (χ0n) is 10.3. The van der Waals surface area contributed by atoms with Gasteiger partial charge in [0.1, 0.15) is 0 Å². The maximum atomic E-state index is 5.41. The van der Waals surface area contributed by atoms with Gasteiger partial charge < -0.3 is 5.32 Å². The van der Waals surface area contributed by atoms with Crippen molar-refractivity contribution in [2.24, 2.45) is 22.2 Å². The van der Waals surface area contributed by atoms with E-state index in [1.165, 1.54) is 12.8 Å². The topological polar surface area (TPSA) is 62.4 Å². The molecule has 1 aliphatic rings. The van der Waals surface area contributed by atoms with E-state index in [9.17, 15) is 0 Å². The van der Waals surface area contributed by atoms with Crippen LogP contribution in [0.15, 0.2) is 4.99 Å². The largest absolute Gasteiger partial charge is 0.353 e. The molecule has 0 aromatic heterocycles. The maximum absolute atomic E-state index is 5.41. The molecular formula is C11H24N4. The van der Waals surface area contributed by atoms with E-state index >= 15 is 0 Å². The molecule has 0 aromatic rings. The number of nitrogens with two attached hydrogens (primary N) is 1. The van der Waals surface area contributed by atoms with Crippen molar-refractivity contribution in [2.75, 3.05) is 6.54 Å². The highest BCUT2D eigenvalue weighted by molar-refractivity contribution is 5.79. The summed E-state index contributed by atoms with van der Waals surface area (Å²) in [6.07, 6.45) is 2.46. The summed E-state index contributed by atoms with van der Waals surface area (Å²) in [5.74, 6) is 6.75. The van der Waals surface area contributed by atoms with Gasteiger partial charge in [0, 0.05) is 12.6 Å². The van der Waals surface area contributed by atoms with Crippen LogP contribution in [0.25, 0.3) is 0 Å². The van der Waals surface area contributed by atoms with Gasteiger partial charge in [0.2, 0.25) is 5.96 Å². The fraction of sp³-hybridized carbons (Fsp3) is 0.909. The monoisotopic (exact) mass is 212 g/mol. The van der Waals surface area contributed by atoms with E-state index in [-0.39, 0.29) is 5.41 Å². The third kappa shape index (κ3) is 4.08. The fourth-order valence-corrected chi connectivity index (χ4v) is 1.02. The molecule has 1 rings (SSSR count). The molecule has 4 nitrogen and oxygen atoms in total. The minimum Gasteiger partial charge on any atom is -0.353 e. The van der Waals surface area contributed by atoms with Crippen molar-refractivity contribution < 1.29 is 0 Å². The van der Waals surface area contributed by atoms with Gasteiger partial charge in [-0.3, -0.25) is 10.4 Å². The van der Waals surface area contributed by atoms with Crippen LogP contribution in [-0.2, 0) is 0 Å². The minimum atomic E-state index is 0.216. The Bertz CT molecular complexity index is 229. The first-order valence-electron chi connectivity index (χ1n) is 5.73. The third-order valence-electron chi connectivity index (χ3n) is 3.26. The van der Waals surface area contributed by atoms with Gasteiger partial charge in [0.25, 0.3) is 0 Å². The lowest BCUT2D eigenvalue weighted by Crippen LogP contribution is -2.43. The molecule has 0 aromatic carbocycles. The highest BCUT2D eigenvalue weighted by atomic mass is 15.3. The molecule has 0 unspecified atom stereocenters. The Morgan fingerprint density at radius 3 is 2.47 bits per heavy atom. The van der Waals surface area contributed by atoms with Gasteiger partial charge in [-0.15, -0.1) is 0 Å². The van der Waals surface area contributed by atoms with Gasteiger partial charge >= 0.3 is 0 Å². The zero-order chi connectivity index (χ0) is 11.5. The second kappa shape index (κ2) is 4.84. The lowest BCUT2D eigenvalue weighted by atomic mass is 9.81. The van der Waals surface area contributed by atoms with Crippen molar-refractivity contribution in [2.45, 2.75) is 46.6 Å². The van der Waals surface area contributed by atoms with Crippen LogP contribution in [0.5, 0.6) is 0 Å². The van der Waals surface area contributed by atoms with E-state index in [1.54, 1.807) is 0 Å². The summed E-state index contributed by atoms with van der Waals surface area (Å²) < 4.78 is 0. The Balaban J connectivity index is 2.44. The lowest BCUT2D eigenvalue weighted by Gasteiger charge is -2.27. The number of nitrogens with zero attached hydrogens (tertiary/aromatic N) is 1. The van der Waals surface area contributed by atoms with Gasteiger partial charge in [0.15, 0.2) is 0 Å². The molecule has 1 fully saturated rings. The quantitative estimate of drug-likeness (QED) is 0.284. The Morgan fingerprint density at radius 1 is 1.47 bits per heavy atom. The van der Waals surface area contributed by atoms with Gasteiger partial charge in [-0.25, -0.2) is 5.84 Å². The van der Waals surface area contributed by atoms with Gasteiger partial charge in [-0.1, -0.05) is 27.7 Å². The first kappa shape index (κ1) is 12.3. The van der Waals surface area contributed by atoms with Crippen LogP contribution in [0.3, 0.4) is 0 Å². The number of guanidine groups is 1. The second-order valence-corrected chi connectivity index (χ2v) is 5.37. The molecule has 0 saturated heterocycles. The Labute approximate surface area is 92.7 Å². The first-order valence-corrected chi connectivity index (χ1v) is 5.73. The van der Waals surface area contributed by atoms with Crippen LogP contribution >= 0.6 is 0 Å². The zero-order valence-corrected chi connectivity index (χ0v) is 10.3. The standard InChI is InChI=1S/C11H24N4/c1-8(2)11(3,4)7-13-10(15-12)14-9-5-6-9/h8-9H,5-7,12H2,1-4H3,(H2,13,14,15). The second-order valence-electron chi connectivity index (χ2n) is 5.37. The van der Waals surface area contributed by atoms with Crippen LogP contribution in [0.4, 0.5) is 0 Å². The lowest BCUT2D eigenvalue weighted by molar-refractivity contribution is 0.261. The molecule has 0 heterocycles. The Kier molecular flexibility index (Phi) is 3.97. The van der Waals surface area contributed by atoms with Crippen LogP contribution in [0, 0.1) is 11.3 Å². The van der Waals surface area contributed by atoms with Crippen molar-refractivity contribution >= 4 is 5.96 Å². The molecule has 15 heavy (non-hydrogen) atoms. The van der Waals surface area contributed by atoms with Crippen molar-refractivity contribution in [1.29, 1.82) is 0 Å². The smallest absolute Gasteiger partial charge is 0.205 e. The maximum Gasteiger partial charge on any atom is 0.205 e. The fourth-order valence-electron chi connectivity index (χ4n) is 1.02. The number of rotatable bonds is 4. The summed E-state index contributed by atoms with van der Waals surface area (Å²) in [4.78, 5) is 4.48. The highest BCUT2D eigenvalue weighted by Gasteiger charge is 2.24. The first-order chi connectivity index (χ1) is 6.95. The predicted molar refractivity (Wildman–Crippen MR) is 64.4 cm³/mol. The highest BCUT2D eigenvalue weighted by Crippen LogP contribution is 2.26. The number of hydrazine groups is 1. The summed E-state index contributed by atoms with van der Waals surface area (Å²) in [7, 11) is 0. The number of nitrogens with one attached hydrogen (secondary N) is 2. The Morgan fingerprint density at radius 2 is 2.07 bits per heavy atom. The van der Waals surface area contributed by atoms with Crippen molar-refractivity contribution in [1.82, 2.24) is 10.7 Å². The number of aliphatic imine (C=N–C) groups is 1. The van der Waals surface area contributed by atoms with E-state index in [0.717, 1.165) is 12.5 Å². The molecule has 4 N–H and O–H groups in total. The van der Waals surface area contributed by atoms with E-state index in [1.807, 2.05) is 0 Å². The molecule has 0 aliphatic heterocycles. The van der Waals surface area contributed by atoms with Gasteiger partial charge in [0.05, 0.1) is 0 Å². The van der Waals surface area contributed by atoms with E-state index in [4.69, 9.17) is 5.84 Å². The van der Waals surface area contributed by atoms with E-state index in [0.29, 0.717) is 12.0 Å². The van der Waals surface area contributed by atoms with Crippen molar-refractivity contribution in [3.63, 3.8) is 0 Å². The van der Waals surface area contributed by atoms with Crippen LogP contribution < -0.4 is 16.6 Å². The van der Waals surface area contributed by atoms with Gasteiger partial charge in [-0.2, -0.15) is 0 Å². The molecule has 1 saturated carbocycles. The molecule has 88 valence electrons. The summed E-state index contributed by atoms with van der Waals surface area (Å²) >= 11 is 0. The number of hydrogen-bond donors (Lipinski definition) is 3. The summed E-state index contributed by atoms with van der Waals surface area (Å²) in [6, 6.07) is 0.585. The van der Waals surface area contributed by atoms with Crippen molar-refractivity contribution in [3.8, 4) is 0 Å². The van der Waals surface area contributed by atoms with Crippen LogP contribution in [0.2, 0.25) is 0 Å². The average molecular weight is 212 g/mol.